The predicted octanol–water partition coefficient (Wildman–Crippen LogP) is 5.92. The second-order valence-electron chi connectivity index (χ2n) is 7.37. The van der Waals surface area contributed by atoms with E-state index in [4.69, 9.17) is 20.8 Å². The normalized spacial score (nSPS) is 14.4. The van der Waals surface area contributed by atoms with Gasteiger partial charge in [-0.25, -0.2) is 9.59 Å². The number of methoxy groups -OCH3 is 1. The SMILES string of the molecule is COC(=O)c1ccc(CN2C(=O)N/C(=C\c3cc(Br)c(OCc4ccc(Cl)cc4)c(Br)c3)C2=O)o1. The summed E-state index contributed by atoms with van der Waals surface area (Å²) in [6.45, 7) is 0.201. The molecule has 0 saturated carbocycles. The molecule has 0 unspecified atom stereocenters. The van der Waals surface area contributed by atoms with Crippen LogP contribution in [0.3, 0.4) is 0 Å². The highest BCUT2D eigenvalue weighted by atomic mass is 79.9. The molecule has 0 bridgehead atoms. The van der Waals surface area contributed by atoms with Gasteiger partial charge in [0.1, 0.15) is 23.8 Å². The summed E-state index contributed by atoms with van der Waals surface area (Å²) in [7, 11) is 1.23. The van der Waals surface area contributed by atoms with Gasteiger partial charge in [-0.15, -0.1) is 0 Å². The molecule has 1 aromatic heterocycles. The smallest absolute Gasteiger partial charge is 0.373 e. The molecule has 1 N–H and O–H groups in total. The van der Waals surface area contributed by atoms with Crippen LogP contribution in [0.4, 0.5) is 4.79 Å². The summed E-state index contributed by atoms with van der Waals surface area (Å²) in [4.78, 5) is 37.7. The molecule has 35 heavy (non-hydrogen) atoms. The van der Waals surface area contributed by atoms with Crippen molar-refractivity contribution in [1.82, 2.24) is 10.2 Å². The largest absolute Gasteiger partial charge is 0.487 e. The predicted molar refractivity (Wildman–Crippen MR) is 135 cm³/mol. The molecular weight excluding hydrogens is 608 g/mol. The number of furan rings is 1. The first-order valence-electron chi connectivity index (χ1n) is 10.1. The van der Waals surface area contributed by atoms with Gasteiger partial charge in [-0.2, -0.15) is 0 Å². The summed E-state index contributed by atoms with van der Waals surface area (Å²) in [5.41, 5.74) is 1.71. The Kier molecular flexibility index (Phi) is 7.63. The fraction of sp³-hybridized carbons (Fsp3) is 0.125. The molecule has 11 heteroatoms. The molecule has 1 saturated heterocycles. The number of carbonyl (C=O) groups excluding carboxylic acids is 3. The molecular formula is C24H17Br2ClN2O6. The van der Waals surface area contributed by atoms with Gasteiger partial charge in [0.05, 0.1) is 22.6 Å². The van der Waals surface area contributed by atoms with Crippen LogP contribution < -0.4 is 10.1 Å². The van der Waals surface area contributed by atoms with Crippen molar-refractivity contribution in [3.8, 4) is 5.75 Å². The van der Waals surface area contributed by atoms with Gasteiger partial charge in [0.2, 0.25) is 5.76 Å². The van der Waals surface area contributed by atoms with Gasteiger partial charge in [-0.3, -0.25) is 9.69 Å². The van der Waals surface area contributed by atoms with Crippen molar-refractivity contribution in [2.24, 2.45) is 0 Å². The Morgan fingerprint density at radius 1 is 1.11 bits per heavy atom. The number of carbonyl (C=O) groups is 3. The van der Waals surface area contributed by atoms with E-state index in [9.17, 15) is 14.4 Å². The Morgan fingerprint density at radius 3 is 2.46 bits per heavy atom. The zero-order chi connectivity index (χ0) is 25.1. The number of amides is 3. The Balaban J connectivity index is 1.47. The van der Waals surface area contributed by atoms with Crippen molar-refractivity contribution in [3.05, 3.63) is 90.8 Å². The topological polar surface area (TPSA) is 98.1 Å². The van der Waals surface area contributed by atoms with E-state index in [0.717, 1.165) is 10.5 Å². The lowest BCUT2D eigenvalue weighted by atomic mass is 10.2. The van der Waals surface area contributed by atoms with E-state index in [1.165, 1.54) is 19.2 Å². The van der Waals surface area contributed by atoms with Crippen LogP contribution in [0.5, 0.6) is 5.75 Å². The van der Waals surface area contributed by atoms with Gasteiger partial charge in [-0.05, 0) is 85.5 Å². The van der Waals surface area contributed by atoms with Crippen LogP contribution >= 0.6 is 43.5 Å². The van der Waals surface area contributed by atoms with Crippen molar-refractivity contribution in [2.45, 2.75) is 13.2 Å². The average Bonchev–Trinajstić information content (AvgIpc) is 3.39. The molecule has 1 aliphatic heterocycles. The molecule has 3 amide bonds. The summed E-state index contributed by atoms with van der Waals surface area (Å²) in [5, 5.41) is 3.21. The van der Waals surface area contributed by atoms with Crippen LogP contribution in [-0.4, -0.2) is 29.9 Å². The van der Waals surface area contributed by atoms with Crippen molar-refractivity contribution < 1.29 is 28.3 Å². The average molecular weight is 625 g/mol. The second-order valence-corrected chi connectivity index (χ2v) is 9.51. The van der Waals surface area contributed by atoms with Crippen molar-refractivity contribution in [2.75, 3.05) is 7.11 Å². The van der Waals surface area contributed by atoms with E-state index in [1.807, 2.05) is 12.1 Å². The van der Waals surface area contributed by atoms with E-state index in [2.05, 4.69) is 41.9 Å². The van der Waals surface area contributed by atoms with Gasteiger partial charge < -0.3 is 19.2 Å². The van der Waals surface area contributed by atoms with Crippen LogP contribution in [-0.2, 0) is 22.7 Å². The fourth-order valence-corrected chi connectivity index (χ4v) is 4.82. The first-order valence-corrected chi connectivity index (χ1v) is 12.1. The van der Waals surface area contributed by atoms with Gasteiger partial charge in [0, 0.05) is 5.02 Å². The quantitative estimate of drug-likeness (QED) is 0.199. The third kappa shape index (κ3) is 5.77. The standard InChI is InChI=1S/C24H17Br2ClN2O6/c1-33-23(31)20-7-6-16(35-20)11-29-22(30)19(28-24(29)32)10-14-8-17(25)21(18(26)9-14)34-12-13-2-4-15(27)5-3-13/h2-10H,11-12H2,1H3,(H,28,32)/b19-10-. The van der Waals surface area contributed by atoms with E-state index >= 15 is 0 Å². The highest BCUT2D eigenvalue weighted by Gasteiger charge is 2.34. The Labute approximate surface area is 222 Å². The number of hydrogen-bond acceptors (Lipinski definition) is 6. The second kappa shape index (κ2) is 10.7. The molecule has 8 nitrogen and oxygen atoms in total. The Bertz CT molecular complexity index is 1310. The molecule has 4 rings (SSSR count). The van der Waals surface area contributed by atoms with Crippen molar-refractivity contribution in [1.29, 1.82) is 0 Å². The number of nitrogens with zero attached hydrogens (tertiary/aromatic N) is 1. The molecule has 3 aromatic rings. The molecule has 0 spiro atoms. The summed E-state index contributed by atoms with van der Waals surface area (Å²) in [6.07, 6.45) is 1.56. The van der Waals surface area contributed by atoms with Crippen LogP contribution in [0, 0.1) is 0 Å². The highest BCUT2D eigenvalue weighted by molar-refractivity contribution is 9.11. The summed E-state index contributed by atoms with van der Waals surface area (Å²) in [6, 6.07) is 13.2. The van der Waals surface area contributed by atoms with E-state index in [0.29, 0.717) is 31.9 Å². The number of rotatable bonds is 7. The molecule has 0 atom stereocenters. The zero-order valence-corrected chi connectivity index (χ0v) is 22.1. The third-order valence-corrected chi connectivity index (χ3v) is 6.38. The minimum Gasteiger partial charge on any atom is -0.487 e. The first-order chi connectivity index (χ1) is 16.7. The van der Waals surface area contributed by atoms with Gasteiger partial charge >= 0.3 is 12.0 Å². The third-order valence-electron chi connectivity index (χ3n) is 4.95. The van der Waals surface area contributed by atoms with E-state index in [-0.39, 0.29) is 23.8 Å². The van der Waals surface area contributed by atoms with Gasteiger partial charge in [0.25, 0.3) is 5.91 Å². The number of nitrogens with one attached hydrogen (secondary N) is 1. The maximum absolute atomic E-state index is 12.8. The summed E-state index contributed by atoms with van der Waals surface area (Å²) < 4.78 is 17.2. The van der Waals surface area contributed by atoms with Crippen LogP contribution in [0.15, 0.2) is 67.6 Å². The van der Waals surface area contributed by atoms with Crippen molar-refractivity contribution >= 4 is 67.4 Å². The van der Waals surface area contributed by atoms with Crippen molar-refractivity contribution in [3.63, 3.8) is 0 Å². The van der Waals surface area contributed by atoms with Gasteiger partial charge in [0.15, 0.2) is 0 Å². The number of urea groups is 1. The maximum Gasteiger partial charge on any atom is 0.373 e. The summed E-state index contributed by atoms with van der Waals surface area (Å²) in [5.74, 6) is -0.335. The minimum absolute atomic E-state index is 0.0154. The molecule has 1 fully saturated rings. The lowest BCUT2D eigenvalue weighted by Gasteiger charge is -2.12. The number of ether oxygens (including phenoxy) is 2. The van der Waals surface area contributed by atoms with Gasteiger partial charge in [-0.1, -0.05) is 23.7 Å². The van der Waals surface area contributed by atoms with Crippen LogP contribution in [0.2, 0.25) is 5.02 Å². The minimum atomic E-state index is -0.647. The molecule has 2 aromatic carbocycles. The first kappa shape index (κ1) is 25.0. The van der Waals surface area contributed by atoms with Crippen LogP contribution in [0.1, 0.15) is 27.4 Å². The number of benzene rings is 2. The number of imide groups is 1. The Hall–Kier alpha value is -3.08. The molecule has 0 radical (unpaired) electrons. The molecule has 180 valence electrons. The number of halogens is 3. The molecule has 0 aliphatic carbocycles. The summed E-state index contributed by atoms with van der Waals surface area (Å²) >= 11 is 12.9. The Morgan fingerprint density at radius 2 is 1.80 bits per heavy atom. The van der Waals surface area contributed by atoms with E-state index < -0.39 is 17.9 Å². The number of hydrogen-bond donors (Lipinski definition) is 1. The maximum atomic E-state index is 12.8. The molecule has 2 heterocycles. The lowest BCUT2D eigenvalue weighted by molar-refractivity contribution is -0.123. The fourth-order valence-electron chi connectivity index (χ4n) is 3.25. The van der Waals surface area contributed by atoms with E-state index in [1.54, 1.807) is 30.3 Å². The molecule has 1 aliphatic rings. The number of esters is 1. The highest BCUT2D eigenvalue weighted by Crippen LogP contribution is 2.36. The lowest BCUT2D eigenvalue weighted by Crippen LogP contribution is -2.30. The zero-order valence-electron chi connectivity index (χ0n) is 18.1. The van der Waals surface area contributed by atoms with Crippen LogP contribution in [0.25, 0.3) is 6.08 Å². The monoisotopic (exact) mass is 622 g/mol.